The molecule has 19 heavy (non-hydrogen) atoms. The molecule has 0 aromatic heterocycles. The average Bonchev–Trinajstić information content (AvgIpc) is 2.41. The zero-order valence-electron chi connectivity index (χ0n) is 11.3. The number of nitrogens with zero attached hydrogens (tertiary/aromatic N) is 1. The zero-order valence-corrected chi connectivity index (χ0v) is 11.3. The molecule has 2 aromatic rings. The fourth-order valence-corrected chi connectivity index (χ4v) is 1.90. The van der Waals surface area contributed by atoms with Crippen LogP contribution in [0.3, 0.4) is 0 Å². The van der Waals surface area contributed by atoms with Gasteiger partial charge in [0.05, 0.1) is 5.56 Å². The van der Waals surface area contributed by atoms with Gasteiger partial charge in [0.25, 0.3) is 0 Å². The molecule has 3 nitrogen and oxygen atoms in total. The van der Waals surface area contributed by atoms with Crippen molar-refractivity contribution in [1.82, 2.24) is 0 Å². The van der Waals surface area contributed by atoms with E-state index in [1.165, 1.54) is 0 Å². The predicted molar refractivity (Wildman–Crippen MR) is 77.0 cm³/mol. The number of carbonyl (C=O) groups is 1. The van der Waals surface area contributed by atoms with Crippen LogP contribution in [0.4, 0.5) is 5.69 Å². The molecule has 0 aliphatic rings. The monoisotopic (exact) mass is 255 g/mol. The van der Waals surface area contributed by atoms with E-state index in [1.54, 1.807) is 30.3 Å². The van der Waals surface area contributed by atoms with Crippen LogP contribution in [0.15, 0.2) is 42.5 Å². The van der Waals surface area contributed by atoms with Crippen LogP contribution in [0.1, 0.15) is 21.5 Å². The van der Waals surface area contributed by atoms with Gasteiger partial charge in [0.2, 0.25) is 0 Å². The van der Waals surface area contributed by atoms with Gasteiger partial charge in [-0.3, -0.25) is 4.79 Å². The number of rotatable bonds is 3. The molecule has 0 amide bonds. The van der Waals surface area contributed by atoms with Gasteiger partial charge in [0.1, 0.15) is 5.75 Å². The van der Waals surface area contributed by atoms with Crippen molar-refractivity contribution in [2.75, 3.05) is 19.0 Å². The van der Waals surface area contributed by atoms with E-state index in [0.29, 0.717) is 11.1 Å². The first-order valence-corrected chi connectivity index (χ1v) is 6.11. The summed E-state index contributed by atoms with van der Waals surface area (Å²) >= 11 is 0. The number of benzene rings is 2. The Bertz CT molecular complexity index is 601. The van der Waals surface area contributed by atoms with E-state index in [9.17, 15) is 9.90 Å². The minimum absolute atomic E-state index is 0.0206. The van der Waals surface area contributed by atoms with Crippen molar-refractivity contribution in [1.29, 1.82) is 0 Å². The highest BCUT2D eigenvalue weighted by molar-refractivity contribution is 6.10. The highest BCUT2D eigenvalue weighted by Gasteiger charge is 2.13. The Morgan fingerprint density at radius 1 is 1.05 bits per heavy atom. The van der Waals surface area contributed by atoms with Gasteiger partial charge < -0.3 is 10.0 Å². The Morgan fingerprint density at radius 3 is 2.26 bits per heavy atom. The van der Waals surface area contributed by atoms with Crippen LogP contribution in [0.25, 0.3) is 0 Å². The Morgan fingerprint density at radius 2 is 1.68 bits per heavy atom. The molecule has 98 valence electrons. The maximum atomic E-state index is 12.3. The Hall–Kier alpha value is -2.29. The van der Waals surface area contributed by atoms with Crippen molar-refractivity contribution in [3.63, 3.8) is 0 Å². The zero-order chi connectivity index (χ0) is 14.0. The summed E-state index contributed by atoms with van der Waals surface area (Å²) in [6.45, 7) is 1.89. The van der Waals surface area contributed by atoms with Crippen LogP contribution >= 0.6 is 0 Å². The van der Waals surface area contributed by atoms with Gasteiger partial charge in [-0.15, -0.1) is 0 Å². The highest BCUT2D eigenvalue weighted by atomic mass is 16.3. The first-order valence-electron chi connectivity index (χ1n) is 6.11. The molecule has 2 rings (SSSR count). The third-order valence-electron chi connectivity index (χ3n) is 3.04. The normalized spacial score (nSPS) is 10.3. The lowest BCUT2D eigenvalue weighted by molar-refractivity contribution is 0.103. The highest BCUT2D eigenvalue weighted by Crippen LogP contribution is 2.22. The predicted octanol–water partition coefficient (Wildman–Crippen LogP) is 3.00. The molecule has 1 N–H and O–H groups in total. The fourth-order valence-electron chi connectivity index (χ4n) is 1.90. The van der Waals surface area contributed by atoms with Crippen LogP contribution in [0.5, 0.6) is 5.75 Å². The number of phenols is 1. The lowest BCUT2D eigenvalue weighted by Gasteiger charge is -2.12. The largest absolute Gasteiger partial charge is 0.507 e. The maximum absolute atomic E-state index is 12.3. The van der Waals surface area contributed by atoms with Crippen LogP contribution in [-0.4, -0.2) is 25.0 Å². The van der Waals surface area contributed by atoms with E-state index in [0.717, 1.165) is 11.3 Å². The van der Waals surface area contributed by atoms with E-state index in [1.807, 2.05) is 38.1 Å². The van der Waals surface area contributed by atoms with E-state index < -0.39 is 0 Å². The van der Waals surface area contributed by atoms with Crippen molar-refractivity contribution < 1.29 is 9.90 Å². The smallest absolute Gasteiger partial charge is 0.196 e. The summed E-state index contributed by atoms with van der Waals surface area (Å²) in [5, 5.41) is 9.78. The summed E-state index contributed by atoms with van der Waals surface area (Å²) in [7, 11) is 3.90. The molecule has 0 heterocycles. The Labute approximate surface area is 113 Å². The van der Waals surface area contributed by atoms with E-state index in [4.69, 9.17) is 0 Å². The number of hydrogen-bond acceptors (Lipinski definition) is 3. The molecule has 0 atom stereocenters. The molecule has 3 heteroatoms. The van der Waals surface area contributed by atoms with Gasteiger partial charge >= 0.3 is 0 Å². The lowest BCUT2D eigenvalue weighted by Crippen LogP contribution is -2.09. The topological polar surface area (TPSA) is 40.5 Å². The molecule has 0 aliphatic carbocycles. The van der Waals surface area contributed by atoms with Gasteiger partial charge in [0.15, 0.2) is 5.78 Å². The van der Waals surface area contributed by atoms with Crippen molar-refractivity contribution in [3.8, 4) is 5.75 Å². The van der Waals surface area contributed by atoms with Gasteiger partial charge in [0, 0.05) is 25.3 Å². The summed E-state index contributed by atoms with van der Waals surface area (Å²) in [5.41, 5.74) is 2.90. The summed E-state index contributed by atoms with van der Waals surface area (Å²) < 4.78 is 0. The second kappa shape index (κ2) is 5.14. The van der Waals surface area contributed by atoms with Crippen LogP contribution < -0.4 is 4.90 Å². The standard InChI is InChI=1S/C16H17NO2/c1-11-4-9-15(18)14(10-11)16(19)12-5-7-13(8-6-12)17(2)3/h4-10,18H,1-3H3. The number of anilines is 1. The number of aromatic hydroxyl groups is 1. The molecule has 0 spiro atoms. The van der Waals surface area contributed by atoms with E-state index in [2.05, 4.69) is 0 Å². The second-order valence-corrected chi connectivity index (χ2v) is 4.79. The molecular formula is C16H17NO2. The maximum Gasteiger partial charge on any atom is 0.196 e. The SMILES string of the molecule is Cc1ccc(O)c(C(=O)c2ccc(N(C)C)cc2)c1. The van der Waals surface area contributed by atoms with E-state index in [-0.39, 0.29) is 11.5 Å². The fraction of sp³-hybridized carbons (Fsp3) is 0.188. The minimum Gasteiger partial charge on any atom is -0.507 e. The summed E-state index contributed by atoms with van der Waals surface area (Å²) in [5.74, 6) is -0.140. The van der Waals surface area contributed by atoms with Gasteiger partial charge in [-0.25, -0.2) is 0 Å². The van der Waals surface area contributed by atoms with Crippen LogP contribution in [0, 0.1) is 6.92 Å². The second-order valence-electron chi connectivity index (χ2n) is 4.79. The number of hydrogen-bond donors (Lipinski definition) is 1. The number of carbonyl (C=O) groups excluding carboxylic acids is 1. The minimum atomic E-state index is -0.161. The van der Waals surface area contributed by atoms with Crippen molar-refractivity contribution in [3.05, 3.63) is 59.2 Å². The quantitative estimate of drug-likeness (QED) is 0.857. The first-order chi connectivity index (χ1) is 8.99. The molecule has 0 saturated carbocycles. The lowest BCUT2D eigenvalue weighted by atomic mass is 10.0. The molecule has 0 bridgehead atoms. The first kappa shape index (κ1) is 13.1. The number of phenolic OH excluding ortho intramolecular Hbond substituents is 1. The van der Waals surface area contributed by atoms with Crippen molar-refractivity contribution in [2.24, 2.45) is 0 Å². The number of ketones is 1. The molecule has 0 fully saturated rings. The molecule has 0 radical (unpaired) electrons. The van der Waals surface area contributed by atoms with Crippen molar-refractivity contribution >= 4 is 11.5 Å². The van der Waals surface area contributed by atoms with Gasteiger partial charge in [-0.2, -0.15) is 0 Å². The van der Waals surface area contributed by atoms with Crippen LogP contribution in [-0.2, 0) is 0 Å². The van der Waals surface area contributed by atoms with Crippen molar-refractivity contribution in [2.45, 2.75) is 6.92 Å². The molecule has 2 aromatic carbocycles. The third kappa shape index (κ3) is 2.76. The molecule has 0 aliphatic heterocycles. The third-order valence-corrected chi connectivity index (χ3v) is 3.04. The summed E-state index contributed by atoms with van der Waals surface area (Å²) in [6, 6.07) is 12.4. The van der Waals surface area contributed by atoms with E-state index >= 15 is 0 Å². The Kier molecular flexibility index (Phi) is 3.56. The molecule has 0 unspecified atom stereocenters. The molecular weight excluding hydrogens is 238 g/mol. The van der Waals surface area contributed by atoms with Gasteiger partial charge in [-0.05, 0) is 43.3 Å². The summed E-state index contributed by atoms with van der Waals surface area (Å²) in [4.78, 5) is 14.3. The van der Waals surface area contributed by atoms with Crippen LogP contribution in [0.2, 0.25) is 0 Å². The summed E-state index contributed by atoms with van der Waals surface area (Å²) in [6.07, 6.45) is 0. The molecule has 0 saturated heterocycles. The average molecular weight is 255 g/mol. The Balaban J connectivity index is 2.36. The van der Waals surface area contributed by atoms with Gasteiger partial charge in [-0.1, -0.05) is 11.6 Å². The number of aryl methyl sites for hydroxylation is 1.